The van der Waals surface area contributed by atoms with Crippen LogP contribution in [-0.4, -0.2) is 147 Å². The van der Waals surface area contributed by atoms with Crippen molar-refractivity contribution in [2.24, 2.45) is 29.0 Å². The van der Waals surface area contributed by atoms with Gasteiger partial charge in [0.25, 0.3) is 0 Å². The van der Waals surface area contributed by atoms with Gasteiger partial charge in [-0.05, 0) is 42.4 Å². The second kappa shape index (κ2) is 27.7. The maximum absolute atomic E-state index is 14.0. The minimum absolute atomic E-state index is 0.0585. The summed E-state index contributed by atoms with van der Waals surface area (Å²) in [5.74, 6) is -11.6. The van der Waals surface area contributed by atoms with Crippen LogP contribution in [0.4, 0.5) is 0 Å². The molecule has 0 saturated carbocycles. The highest BCUT2D eigenvalue weighted by atomic mass is 32.2. The first-order valence-corrected chi connectivity index (χ1v) is 23.2. The molecule has 1 fully saturated rings. The molecule has 0 radical (unpaired) electrons. The molecule has 24 nitrogen and oxygen atoms in total. The van der Waals surface area contributed by atoms with E-state index in [4.69, 9.17) is 17.2 Å². The molecule has 11 amide bonds. The SMILES string of the molecule is CC[C@H](C)[C@H](NC(=O)CN(C)C(=O)[C@@H]1CCS(=O)CCC(=O)N[C@@H](Cc2ccc(O)cc2)C(=O)N[C@@H]([C@@H](C)CC)C(=O)N[C@@H](CCC(N)=O)C(=O)N[C@@H](CC(N)=O)C(=O)N1)C(=O)NCC(N)=O. The van der Waals surface area contributed by atoms with Crippen molar-refractivity contribution in [3.63, 3.8) is 0 Å². The minimum atomic E-state index is -1.86. The number of likely N-dealkylation sites (N-methyl/N-ethyl adjacent to an activating group) is 1. The van der Waals surface area contributed by atoms with Crippen LogP contribution < -0.4 is 54.4 Å². The normalized spacial score (nSPS) is 22.7. The predicted octanol–water partition coefficient (Wildman–Crippen LogP) is -4.32. The average Bonchev–Trinajstić information content (AvgIpc) is 3.27. The first kappa shape index (κ1) is 56.5. The number of carbonyl (C=O) groups is 11. The van der Waals surface area contributed by atoms with Crippen LogP contribution >= 0.6 is 0 Å². The Kier molecular flexibility index (Phi) is 23.4. The number of carbonyl (C=O) groups excluding carboxylic acids is 11. The van der Waals surface area contributed by atoms with Gasteiger partial charge in [0, 0.05) is 48.6 Å². The van der Waals surface area contributed by atoms with E-state index in [9.17, 15) is 62.1 Å². The van der Waals surface area contributed by atoms with Gasteiger partial charge in [0.15, 0.2) is 0 Å². The predicted molar refractivity (Wildman–Crippen MR) is 241 cm³/mol. The molecule has 1 aromatic rings. The zero-order valence-corrected chi connectivity index (χ0v) is 39.2. The first-order chi connectivity index (χ1) is 31.4. The Labute approximate surface area is 390 Å². The van der Waals surface area contributed by atoms with Gasteiger partial charge < -0.3 is 64.4 Å². The fourth-order valence-corrected chi connectivity index (χ4v) is 7.77. The molecule has 14 N–H and O–H groups in total. The molecule has 9 atom stereocenters. The molecule has 2 rings (SSSR count). The van der Waals surface area contributed by atoms with Crippen molar-refractivity contribution in [2.75, 3.05) is 31.6 Å². The van der Waals surface area contributed by atoms with E-state index in [-0.39, 0.29) is 36.5 Å². The Bertz CT molecular complexity index is 2000. The lowest BCUT2D eigenvalue weighted by molar-refractivity contribution is -0.140. The third kappa shape index (κ3) is 19.8. The summed E-state index contributed by atoms with van der Waals surface area (Å²) in [6, 6.07) is -3.01. The highest BCUT2D eigenvalue weighted by Gasteiger charge is 2.36. The Morgan fingerprint density at radius 3 is 1.99 bits per heavy atom. The summed E-state index contributed by atoms with van der Waals surface area (Å²) < 4.78 is 13.4. The Morgan fingerprint density at radius 2 is 1.40 bits per heavy atom. The van der Waals surface area contributed by atoms with Crippen LogP contribution in [0.1, 0.15) is 78.2 Å². The van der Waals surface area contributed by atoms with Gasteiger partial charge >= 0.3 is 0 Å². The van der Waals surface area contributed by atoms with E-state index < -0.39 is 156 Å². The zero-order valence-electron chi connectivity index (χ0n) is 38.3. The highest BCUT2D eigenvalue weighted by molar-refractivity contribution is 7.85. The summed E-state index contributed by atoms with van der Waals surface area (Å²) >= 11 is 0. The lowest BCUT2D eigenvalue weighted by Gasteiger charge is -2.30. The number of aromatic hydroxyl groups is 1. The van der Waals surface area contributed by atoms with Gasteiger partial charge in [0.1, 0.15) is 42.0 Å². The van der Waals surface area contributed by atoms with Gasteiger partial charge in [0.05, 0.1) is 19.5 Å². The van der Waals surface area contributed by atoms with E-state index >= 15 is 0 Å². The number of rotatable bonds is 18. The lowest BCUT2D eigenvalue weighted by Crippen LogP contribution is -2.61. The maximum atomic E-state index is 14.0. The number of benzene rings is 1. The molecule has 67 heavy (non-hydrogen) atoms. The van der Waals surface area contributed by atoms with Gasteiger partial charge in [-0.3, -0.25) is 56.9 Å². The van der Waals surface area contributed by atoms with Crippen LogP contribution in [0, 0.1) is 11.8 Å². The number of nitrogens with zero attached hydrogens (tertiary/aromatic N) is 1. The average molecular weight is 964 g/mol. The molecule has 1 unspecified atom stereocenters. The van der Waals surface area contributed by atoms with Gasteiger partial charge in [-0.25, -0.2) is 0 Å². The van der Waals surface area contributed by atoms with E-state index in [0.29, 0.717) is 18.4 Å². The van der Waals surface area contributed by atoms with E-state index in [1.807, 2.05) is 0 Å². The Hall–Kier alpha value is -6.66. The summed E-state index contributed by atoms with van der Waals surface area (Å²) in [6.07, 6.45) is -1.83. The number of phenolic OH excluding ortho intramolecular Hbond substituents is 1. The second-order valence-corrected chi connectivity index (χ2v) is 18.1. The zero-order chi connectivity index (χ0) is 50.5. The molecule has 1 saturated heterocycles. The standard InChI is InChI=1S/C42H65N11O13S/c1-6-22(3)35(40(63)46-20-32(45)57)51-34(59)21-53(5)42(65)27-14-16-67(66)17-15-33(58)47-28(18-24-8-10-25(54)11-9-24)39(62)52-36(23(4)7-2)41(64)48-26(12-13-30(43)55)37(60)50-29(19-31(44)56)38(61)49-27/h8-11,22-23,26-29,35-36,54H,6-7,12-21H2,1-5H3,(H2,43,55)(H2,44,56)(H2,45,57)(H,46,63)(H,47,58)(H,48,64)(H,49,61)(H,50,60)(H,51,59)(H,52,62)/t22-,23-,26-,27-,28-,29-,35-,36-,67?/m0/s1. The van der Waals surface area contributed by atoms with Crippen molar-refractivity contribution in [3.05, 3.63) is 29.8 Å². The van der Waals surface area contributed by atoms with E-state index in [2.05, 4.69) is 37.2 Å². The maximum Gasteiger partial charge on any atom is 0.245 e. The molecular weight excluding hydrogens is 899 g/mol. The van der Waals surface area contributed by atoms with Crippen molar-refractivity contribution in [1.29, 1.82) is 0 Å². The molecular formula is C42H65N11O13S. The topological polar surface area (TPSA) is 391 Å². The lowest BCUT2D eigenvalue weighted by atomic mass is 9.96. The largest absolute Gasteiger partial charge is 0.508 e. The molecule has 1 aliphatic heterocycles. The molecule has 0 aliphatic carbocycles. The number of hydrogen-bond acceptors (Lipinski definition) is 13. The fraction of sp³-hybridized carbons (Fsp3) is 0.595. The third-order valence-electron chi connectivity index (χ3n) is 11.0. The second-order valence-electron chi connectivity index (χ2n) is 16.4. The fourth-order valence-electron chi connectivity index (χ4n) is 6.65. The van der Waals surface area contributed by atoms with Crippen LogP contribution in [-0.2, 0) is 70.0 Å². The van der Waals surface area contributed by atoms with Gasteiger partial charge in [0.2, 0.25) is 65.0 Å². The molecule has 372 valence electrons. The molecule has 1 aromatic carbocycles. The van der Waals surface area contributed by atoms with Crippen LogP contribution in [0.25, 0.3) is 0 Å². The molecule has 25 heteroatoms. The van der Waals surface area contributed by atoms with Gasteiger partial charge in [-0.15, -0.1) is 0 Å². The van der Waals surface area contributed by atoms with Crippen LogP contribution in [0.5, 0.6) is 5.75 Å². The number of nitrogens with two attached hydrogens (primary N) is 3. The summed E-state index contributed by atoms with van der Waals surface area (Å²) in [4.78, 5) is 146. The summed E-state index contributed by atoms with van der Waals surface area (Å²) in [5.41, 5.74) is 16.5. The highest BCUT2D eigenvalue weighted by Crippen LogP contribution is 2.15. The van der Waals surface area contributed by atoms with E-state index in [1.165, 1.54) is 31.3 Å². The number of amides is 11. The molecule has 0 bridgehead atoms. The number of primary amides is 3. The molecule has 1 heterocycles. The van der Waals surface area contributed by atoms with Crippen LogP contribution in [0.2, 0.25) is 0 Å². The number of hydrogen-bond donors (Lipinski definition) is 11. The van der Waals surface area contributed by atoms with Crippen molar-refractivity contribution in [2.45, 2.75) is 115 Å². The van der Waals surface area contributed by atoms with Crippen LogP contribution in [0.15, 0.2) is 24.3 Å². The Morgan fingerprint density at radius 1 is 0.791 bits per heavy atom. The van der Waals surface area contributed by atoms with Crippen molar-refractivity contribution < 1.29 is 62.1 Å². The van der Waals surface area contributed by atoms with Gasteiger partial charge in [-0.1, -0.05) is 52.7 Å². The minimum Gasteiger partial charge on any atom is -0.508 e. The van der Waals surface area contributed by atoms with Crippen molar-refractivity contribution in [3.8, 4) is 5.75 Å². The van der Waals surface area contributed by atoms with Crippen molar-refractivity contribution >= 4 is 75.8 Å². The van der Waals surface area contributed by atoms with Crippen molar-refractivity contribution in [1.82, 2.24) is 42.1 Å². The smallest absolute Gasteiger partial charge is 0.245 e. The number of nitrogens with one attached hydrogen (secondary N) is 7. The first-order valence-electron chi connectivity index (χ1n) is 21.8. The van der Waals surface area contributed by atoms with E-state index in [0.717, 1.165) is 4.90 Å². The number of phenols is 1. The van der Waals surface area contributed by atoms with Gasteiger partial charge in [-0.2, -0.15) is 0 Å². The molecule has 0 aromatic heterocycles. The monoisotopic (exact) mass is 963 g/mol. The third-order valence-corrected chi connectivity index (χ3v) is 12.3. The van der Waals surface area contributed by atoms with Crippen LogP contribution in [0.3, 0.4) is 0 Å². The summed E-state index contributed by atoms with van der Waals surface area (Å²) in [6.45, 7) is 5.61. The molecule has 0 spiro atoms. The summed E-state index contributed by atoms with van der Waals surface area (Å²) in [5, 5.41) is 27.2. The Balaban J connectivity index is 2.60. The molecule has 1 aliphatic rings. The quantitative estimate of drug-likeness (QED) is 0.0664. The van der Waals surface area contributed by atoms with E-state index in [1.54, 1.807) is 27.7 Å². The summed E-state index contributed by atoms with van der Waals surface area (Å²) in [7, 11) is -0.665.